The van der Waals surface area contributed by atoms with E-state index in [9.17, 15) is 19.5 Å². The largest absolute Gasteiger partial charge is 0.506 e. The Morgan fingerprint density at radius 1 is 0.607 bits per heavy atom. The monoisotopic (exact) mass is 739 g/mol. The highest BCUT2D eigenvalue weighted by atomic mass is 16.3. The fourth-order valence-corrected chi connectivity index (χ4v) is 6.64. The molecule has 0 saturated heterocycles. The Bertz CT molecular complexity index is 2380. The molecule has 8 heteroatoms. The summed E-state index contributed by atoms with van der Waals surface area (Å²) in [6.45, 7) is 7.18. The second-order valence-electron chi connectivity index (χ2n) is 14.2. The molecule has 2 aliphatic carbocycles. The summed E-state index contributed by atoms with van der Waals surface area (Å²) in [5, 5.41) is 17.9. The van der Waals surface area contributed by atoms with Crippen LogP contribution in [-0.2, 0) is 14.4 Å². The van der Waals surface area contributed by atoms with Crippen molar-refractivity contribution >= 4 is 63.0 Å². The molecule has 56 heavy (non-hydrogen) atoms. The van der Waals surface area contributed by atoms with Gasteiger partial charge in [0.05, 0.1) is 22.5 Å². The summed E-state index contributed by atoms with van der Waals surface area (Å²) < 4.78 is 2.06. The van der Waals surface area contributed by atoms with Crippen LogP contribution in [0.5, 0.6) is 0 Å². The number of hydrogen-bond donors (Lipinski definition) is 3. The minimum absolute atomic E-state index is 0.0805. The number of para-hydroxylation sites is 4. The van der Waals surface area contributed by atoms with Gasteiger partial charge in [0.2, 0.25) is 34.7 Å². The van der Waals surface area contributed by atoms with Crippen LogP contribution in [0.3, 0.4) is 0 Å². The number of carbonyl (C=O) groups is 3. The van der Waals surface area contributed by atoms with E-state index >= 15 is 0 Å². The summed E-state index contributed by atoms with van der Waals surface area (Å²) in [7, 11) is 0. The molecule has 0 aliphatic heterocycles. The molecule has 0 bridgehead atoms. The van der Waals surface area contributed by atoms with Crippen molar-refractivity contribution in [2.45, 2.75) is 27.7 Å². The number of allylic oxidation sites excluding steroid dienone is 5. The highest BCUT2D eigenvalue weighted by molar-refractivity contribution is 6.40. The molecule has 2 aliphatic rings. The number of anilines is 4. The second-order valence-corrected chi connectivity index (χ2v) is 14.2. The lowest BCUT2D eigenvalue weighted by Gasteiger charge is -2.29. The predicted molar refractivity (Wildman–Crippen MR) is 226 cm³/mol. The number of hydrogen-bond acceptors (Lipinski definition) is 5. The third-order valence-corrected chi connectivity index (χ3v) is 9.61. The molecular weight excluding hydrogens is 697 g/mol. The maximum atomic E-state index is 14.3. The van der Waals surface area contributed by atoms with Crippen LogP contribution in [0, 0.1) is 11.8 Å². The van der Waals surface area contributed by atoms with Crippen molar-refractivity contribution in [3.63, 3.8) is 0 Å². The molecule has 8 nitrogen and oxygen atoms in total. The smallest absolute Gasteiger partial charge is 0.226 e. The van der Waals surface area contributed by atoms with Gasteiger partial charge >= 0.3 is 0 Å². The Labute approximate surface area is 327 Å². The summed E-state index contributed by atoms with van der Waals surface area (Å²) in [5.74, 6) is -1.79. The van der Waals surface area contributed by atoms with Gasteiger partial charge in [0.15, 0.2) is 0 Å². The van der Waals surface area contributed by atoms with Gasteiger partial charge < -0.3 is 20.6 Å². The molecule has 7 rings (SSSR count). The van der Waals surface area contributed by atoms with Gasteiger partial charge in [0.1, 0.15) is 5.76 Å². The van der Waals surface area contributed by atoms with Crippen LogP contribution in [0.4, 0.5) is 34.1 Å². The molecule has 0 fully saturated rings. The number of aliphatic hydroxyl groups is 1. The number of aliphatic hydroxyl groups excluding tert-OH is 1. The molecule has 5 aromatic rings. The first kappa shape index (κ1) is 37.3. The van der Waals surface area contributed by atoms with E-state index in [0.717, 1.165) is 34.1 Å². The van der Waals surface area contributed by atoms with E-state index in [4.69, 9.17) is 0 Å². The first-order valence-corrected chi connectivity index (χ1v) is 18.7. The number of amides is 2. The van der Waals surface area contributed by atoms with Gasteiger partial charge in [-0.2, -0.15) is 4.58 Å². The number of benzene rings is 5. The second kappa shape index (κ2) is 16.1. The topological polar surface area (TPSA) is 102 Å². The van der Waals surface area contributed by atoms with Crippen LogP contribution in [0.15, 0.2) is 180 Å². The van der Waals surface area contributed by atoms with E-state index in [0.29, 0.717) is 22.5 Å². The number of Topliss-reactive ketones (excluding diaryl/α,β-unsaturated/α-hetero) is 1. The van der Waals surface area contributed by atoms with E-state index in [-0.39, 0.29) is 40.6 Å². The van der Waals surface area contributed by atoms with E-state index < -0.39 is 5.78 Å². The number of nitrogens with one attached hydrogen (secondary N) is 2. The van der Waals surface area contributed by atoms with Crippen LogP contribution < -0.4 is 20.1 Å². The molecule has 0 spiro atoms. The van der Waals surface area contributed by atoms with Crippen molar-refractivity contribution in [3.05, 3.63) is 186 Å². The minimum Gasteiger partial charge on any atom is -0.506 e. The molecule has 0 aromatic heterocycles. The number of rotatable bonds is 10. The zero-order chi connectivity index (χ0) is 39.3. The third-order valence-electron chi connectivity index (χ3n) is 9.61. The summed E-state index contributed by atoms with van der Waals surface area (Å²) in [6, 6.07) is 44.9. The predicted octanol–water partition coefficient (Wildman–Crippen LogP) is 10.1. The summed E-state index contributed by atoms with van der Waals surface area (Å²) >= 11 is 0. The van der Waals surface area contributed by atoms with Crippen LogP contribution >= 0.6 is 0 Å². The maximum Gasteiger partial charge on any atom is 0.226 e. The number of ketones is 1. The van der Waals surface area contributed by atoms with Gasteiger partial charge in [-0.05, 0) is 48.5 Å². The van der Waals surface area contributed by atoms with E-state index in [1.807, 2.05) is 146 Å². The zero-order valence-corrected chi connectivity index (χ0v) is 31.7. The van der Waals surface area contributed by atoms with Crippen LogP contribution in [0.2, 0.25) is 0 Å². The molecule has 0 unspecified atom stereocenters. The van der Waals surface area contributed by atoms with Crippen LogP contribution in [-0.4, -0.2) is 28.4 Å². The SMILES string of the molecule is CC(C)C(=O)NC1=CC(=[N+](c2ccccc2)c2ccccc2)C=C/C1=C1/C(=O)C(c2ccc(N(c3ccccc3)c3ccccc3)cc2NC(=O)C(C)C)=C1O. The first-order chi connectivity index (χ1) is 27.1. The zero-order valence-electron chi connectivity index (χ0n) is 31.7. The van der Waals surface area contributed by atoms with Crippen molar-refractivity contribution in [1.82, 2.24) is 9.89 Å². The Hall–Kier alpha value is -7.06. The van der Waals surface area contributed by atoms with E-state index in [1.54, 1.807) is 39.8 Å². The fourth-order valence-electron chi connectivity index (χ4n) is 6.64. The first-order valence-electron chi connectivity index (χ1n) is 18.7. The fraction of sp³-hybridized carbons (Fsp3) is 0.125. The quantitative estimate of drug-likeness (QED) is 0.0978. The van der Waals surface area contributed by atoms with Crippen molar-refractivity contribution < 1.29 is 19.5 Å². The highest BCUT2D eigenvalue weighted by Crippen LogP contribution is 2.45. The van der Waals surface area contributed by atoms with Crippen LogP contribution in [0.25, 0.3) is 5.57 Å². The van der Waals surface area contributed by atoms with E-state index in [1.165, 1.54) is 0 Å². The highest BCUT2D eigenvalue weighted by Gasteiger charge is 2.40. The standard InChI is InChI=1S/C48H42N4O4/c1-31(2)47(55)49-41-29-37(51(33-17-9-5-10-18-33)34-19-11-6-12-20-34)25-27-39(41)43-45(53)44(46(43)54)40-28-26-38(30-42(40)50-48(56)32(3)4)52(35-21-13-7-14-22-35)36-23-15-8-16-24-36/h5-32H,1-4H3,(H2,49,50,53,54,55,56)/p+1. The van der Waals surface area contributed by atoms with Crippen molar-refractivity contribution in [2.24, 2.45) is 11.8 Å². The average Bonchev–Trinajstić information content (AvgIpc) is 3.21. The Balaban J connectivity index is 1.37. The summed E-state index contributed by atoms with van der Waals surface area (Å²) in [6.07, 6.45) is 5.45. The van der Waals surface area contributed by atoms with Crippen molar-refractivity contribution in [2.75, 3.05) is 10.2 Å². The molecule has 278 valence electrons. The van der Waals surface area contributed by atoms with Crippen molar-refractivity contribution in [1.29, 1.82) is 0 Å². The lowest BCUT2D eigenvalue weighted by Crippen LogP contribution is -2.32. The van der Waals surface area contributed by atoms with Gasteiger partial charge in [-0.1, -0.05) is 100 Å². The molecule has 0 radical (unpaired) electrons. The van der Waals surface area contributed by atoms with Gasteiger partial charge in [-0.3, -0.25) is 14.4 Å². The van der Waals surface area contributed by atoms with Crippen LogP contribution in [0.1, 0.15) is 33.3 Å². The van der Waals surface area contributed by atoms with Crippen molar-refractivity contribution in [3.8, 4) is 0 Å². The number of nitrogens with zero attached hydrogens (tertiary/aromatic N) is 2. The molecule has 0 heterocycles. The lowest BCUT2D eigenvalue weighted by molar-refractivity contribution is -0.123. The molecule has 3 N–H and O–H groups in total. The Morgan fingerprint density at radius 2 is 1.11 bits per heavy atom. The minimum atomic E-state index is -0.408. The van der Waals surface area contributed by atoms with E-state index in [2.05, 4.69) is 20.1 Å². The maximum absolute atomic E-state index is 14.3. The van der Waals surface area contributed by atoms with Gasteiger partial charge in [-0.25, -0.2) is 0 Å². The summed E-state index contributed by atoms with van der Waals surface area (Å²) in [5.41, 5.74) is 6.82. The normalized spacial score (nSPS) is 15.1. The van der Waals surface area contributed by atoms with Gasteiger partial charge in [0, 0.05) is 76.5 Å². The molecular formula is C48H43N4O4+. The summed E-state index contributed by atoms with van der Waals surface area (Å²) in [4.78, 5) is 42.8. The van der Waals surface area contributed by atoms with Gasteiger partial charge in [-0.15, -0.1) is 0 Å². The number of carbonyl (C=O) groups excluding carboxylic acids is 3. The molecule has 5 aromatic carbocycles. The Morgan fingerprint density at radius 3 is 1.61 bits per heavy atom. The lowest BCUT2D eigenvalue weighted by atomic mass is 9.78. The molecule has 0 atom stereocenters. The Kier molecular flexibility index (Phi) is 10.7. The molecule has 0 saturated carbocycles. The molecule has 2 amide bonds. The average molecular weight is 740 g/mol. The third kappa shape index (κ3) is 7.50. The van der Waals surface area contributed by atoms with Gasteiger partial charge in [0.25, 0.3) is 0 Å².